The second-order valence-corrected chi connectivity index (χ2v) is 10.5. The first-order chi connectivity index (χ1) is 12.9. The fourth-order valence-corrected chi connectivity index (χ4v) is 5.22. The van der Waals surface area contributed by atoms with Crippen molar-refractivity contribution < 1.29 is 8.42 Å². The minimum Gasteiger partial charge on any atom is -0.211 e. The van der Waals surface area contributed by atoms with Crippen LogP contribution in [0.2, 0.25) is 0 Å². The Morgan fingerprint density at radius 2 is 1.63 bits per heavy atom. The summed E-state index contributed by atoms with van der Waals surface area (Å²) in [5.74, 6) is 1.14. The lowest BCUT2D eigenvalue weighted by atomic mass is 9.65. The van der Waals surface area contributed by atoms with Crippen molar-refractivity contribution in [3.05, 3.63) is 65.2 Å². The molecule has 5 heteroatoms. The summed E-state index contributed by atoms with van der Waals surface area (Å²) >= 11 is 1.87. The molecule has 0 unspecified atom stereocenters. The van der Waals surface area contributed by atoms with E-state index in [1.54, 1.807) is 12.1 Å². The molecule has 1 aliphatic carbocycles. The summed E-state index contributed by atoms with van der Waals surface area (Å²) in [6, 6.07) is 15.9. The van der Waals surface area contributed by atoms with E-state index in [9.17, 15) is 8.42 Å². The topological polar surface area (TPSA) is 46.2 Å². The molecule has 3 nitrogen and oxygen atoms in total. The maximum absolute atomic E-state index is 12.6. The van der Waals surface area contributed by atoms with E-state index in [0.717, 1.165) is 37.0 Å². The number of hydrogen-bond acceptors (Lipinski definition) is 3. The van der Waals surface area contributed by atoms with E-state index in [1.807, 2.05) is 30.8 Å². The highest BCUT2D eigenvalue weighted by molar-refractivity contribution is 7.98. The molecule has 146 valence electrons. The van der Waals surface area contributed by atoms with Crippen molar-refractivity contribution >= 4 is 21.8 Å². The molecule has 2 aromatic rings. The first kappa shape index (κ1) is 20.4. The minimum atomic E-state index is -3.45. The Labute approximate surface area is 168 Å². The van der Waals surface area contributed by atoms with Gasteiger partial charge in [-0.15, -0.1) is 0 Å². The zero-order valence-electron chi connectivity index (χ0n) is 16.2. The Bertz CT molecular complexity index is 839. The van der Waals surface area contributed by atoms with Crippen LogP contribution in [0.25, 0.3) is 0 Å². The minimum absolute atomic E-state index is 0.0541. The van der Waals surface area contributed by atoms with Gasteiger partial charge >= 0.3 is 0 Å². The van der Waals surface area contributed by atoms with E-state index in [4.69, 9.17) is 0 Å². The van der Waals surface area contributed by atoms with Crippen molar-refractivity contribution in [3.63, 3.8) is 0 Å². The van der Waals surface area contributed by atoms with E-state index < -0.39 is 10.0 Å². The van der Waals surface area contributed by atoms with Crippen LogP contribution in [0.4, 0.5) is 0 Å². The molecule has 0 heterocycles. The monoisotopic (exact) mass is 403 g/mol. The van der Waals surface area contributed by atoms with Crippen molar-refractivity contribution in [2.75, 3.05) is 18.6 Å². The fourth-order valence-electron chi connectivity index (χ4n) is 3.62. The van der Waals surface area contributed by atoms with Gasteiger partial charge in [0, 0.05) is 6.54 Å². The fraction of sp³-hybridized carbons (Fsp3) is 0.455. The second kappa shape index (κ2) is 8.80. The van der Waals surface area contributed by atoms with Crippen molar-refractivity contribution in [1.29, 1.82) is 0 Å². The molecule has 27 heavy (non-hydrogen) atoms. The highest BCUT2D eigenvalue weighted by Gasteiger charge is 2.38. The Morgan fingerprint density at radius 3 is 2.19 bits per heavy atom. The molecule has 0 aromatic heterocycles. The van der Waals surface area contributed by atoms with Gasteiger partial charge < -0.3 is 0 Å². The standard InChI is InChI=1S/C22H29NO2S2/c1-18-4-10-21(11-5-18)27(24,25)23-17-22(13-3-14-22)16-20-8-6-19(7-9-20)12-15-26-2/h4-11,23H,3,12-17H2,1-2H3. The smallest absolute Gasteiger partial charge is 0.211 e. The summed E-state index contributed by atoms with van der Waals surface area (Å²) in [6.45, 7) is 2.47. The van der Waals surface area contributed by atoms with Crippen molar-refractivity contribution in [2.24, 2.45) is 5.41 Å². The summed E-state index contributed by atoms with van der Waals surface area (Å²) in [5.41, 5.74) is 3.79. The third-order valence-corrected chi connectivity index (χ3v) is 7.61. The summed E-state index contributed by atoms with van der Waals surface area (Å²) in [7, 11) is -3.45. The van der Waals surface area contributed by atoms with Crippen LogP contribution < -0.4 is 4.72 Å². The van der Waals surface area contributed by atoms with Crippen LogP contribution in [0.5, 0.6) is 0 Å². The molecule has 0 amide bonds. The lowest BCUT2D eigenvalue weighted by Gasteiger charge is -2.42. The van der Waals surface area contributed by atoms with E-state index in [0.29, 0.717) is 11.4 Å². The normalized spacial score (nSPS) is 16.1. The average Bonchev–Trinajstić information content (AvgIpc) is 2.63. The second-order valence-electron chi connectivity index (χ2n) is 7.73. The highest BCUT2D eigenvalue weighted by atomic mass is 32.2. The van der Waals surface area contributed by atoms with Gasteiger partial charge in [0.2, 0.25) is 10.0 Å². The van der Waals surface area contributed by atoms with Crippen molar-refractivity contribution in [2.45, 2.75) is 43.9 Å². The summed E-state index contributed by atoms with van der Waals surface area (Å²) in [5, 5.41) is 0. The molecule has 0 atom stereocenters. The Kier molecular flexibility index (Phi) is 6.66. The van der Waals surface area contributed by atoms with Gasteiger partial charge in [0.1, 0.15) is 0 Å². The molecule has 0 saturated heterocycles. The molecule has 3 rings (SSSR count). The van der Waals surface area contributed by atoms with Crippen LogP contribution in [0.15, 0.2) is 53.4 Å². The third-order valence-electron chi connectivity index (χ3n) is 5.58. The van der Waals surface area contributed by atoms with E-state index >= 15 is 0 Å². The highest BCUT2D eigenvalue weighted by Crippen LogP contribution is 2.43. The number of aryl methyl sites for hydroxylation is 2. The molecular formula is C22H29NO2S2. The number of hydrogen-bond donors (Lipinski definition) is 1. The Morgan fingerprint density at radius 1 is 1.00 bits per heavy atom. The SMILES string of the molecule is CSCCc1ccc(CC2(CNS(=O)(=O)c3ccc(C)cc3)CCC2)cc1. The van der Waals surface area contributed by atoms with Crippen LogP contribution in [-0.2, 0) is 22.9 Å². The molecular weight excluding hydrogens is 374 g/mol. The lowest BCUT2D eigenvalue weighted by molar-refractivity contribution is 0.139. The number of nitrogens with one attached hydrogen (secondary N) is 1. The van der Waals surface area contributed by atoms with Gasteiger partial charge in [-0.2, -0.15) is 11.8 Å². The number of benzene rings is 2. The maximum Gasteiger partial charge on any atom is 0.240 e. The molecule has 0 aliphatic heterocycles. The zero-order valence-corrected chi connectivity index (χ0v) is 17.8. The first-order valence-electron chi connectivity index (χ1n) is 9.56. The lowest BCUT2D eigenvalue weighted by Crippen LogP contribution is -2.43. The number of sulfonamides is 1. The molecule has 1 fully saturated rings. The van der Waals surface area contributed by atoms with E-state index in [2.05, 4.69) is 35.2 Å². The first-order valence-corrected chi connectivity index (χ1v) is 12.4. The molecule has 0 radical (unpaired) electrons. The molecule has 1 saturated carbocycles. The van der Waals surface area contributed by atoms with Crippen molar-refractivity contribution in [3.8, 4) is 0 Å². The van der Waals surface area contributed by atoms with E-state index in [-0.39, 0.29) is 5.41 Å². The largest absolute Gasteiger partial charge is 0.240 e. The van der Waals surface area contributed by atoms with Gasteiger partial charge in [-0.05, 0) is 73.3 Å². The summed E-state index contributed by atoms with van der Waals surface area (Å²) in [4.78, 5) is 0.348. The van der Waals surface area contributed by atoms with Crippen LogP contribution in [0.3, 0.4) is 0 Å². The van der Waals surface area contributed by atoms with Gasteiger partial charge in [0.25, 0.3) is 0 Å². The van der Waals surface area contributed by atoms with Crippen molar-refractivity contribution in [1.82, 2.24) is 4.72 Å². The van der Waals surface area contributed by atoms with Crippen LogP contribution in [-0.4, -0.2) is 27.0 Å². The third kappa shape index (κ3) is 5.37. The summed E-state index contributed by atoms with van der Waals surface area (Å²) < 4.78 is 28.1. The van der Waals surface area contributed by atoms with Crippen LogP contribution in [0, 0.1) is 12.3 Å². The van der Waals surface area contributed by atoms with Gasteiger partial charge in [-0.3, -0.25) is 0 Å². The van der Waals surface area contributed by atoms with Gasteiger partial charge in [0.15, 0.2) is 0 Å². The predicted octanol–water partition coefficient (Wildman–Crippen LogP) is 4.59. The Hall–Kier alpha value is -1.30. The van der Waals surface area contributed by atoms with Gasteiger partial charge in [-0.1, -0.05) is 48.4 Å². The quantitative estimate of drug-likeness (QED) is 0.666. The van der Waals surface area contributed by atoms with Gasteiger partial charge in [-0.25, -0.2) is 13.1 Å². The van der Waals surface area contributed by atoms with Crippen LogP contribution in [0.1, 0.15) is 36.0 Å². The number of rotatable bonds is 9. The maximum atomic E-state index is 12.6. The molecule has 0 bridgehead atoms. The Balaban J connectivity index is 1.63. The molecule has 0 spiro atoms. The zero-order chi connectivity index (χ0) is 19.3. The molecule has 2 aromatic carbocycles. The van der Waals surface area contributed by atoms with Gasteiger partial charge in [0.05, 0.1) is 4.90 Å². The van der Waals surface area contributed by atoms with E-state index in [1.165, 1.54) is 17.5 Å². The molecule has 1 aliphatic rings. The predicted molar refractivity (Wildman–Crippen MR) is 115 cm³/mol. The summed E-state index contributed by atoms with van der Waals surface area (Å²) in [6.07, 6.45) is 7.51. The average molecular weight is 404 g/mol. The number of thioether (sulfide) groups is 1. The van der Waals surface area contributed by atoms with Crippen LogP contribution >= 0.6 is 11.8 Å². The molecule has 1 N–H and O–H groups in total.